The molecule has 0 saturated carbocycles. The van der Waals surface area contributed by atoms with Gasteiger partial charge in [-0.05, 0) is 68.9 Å². The molecule has 334 valence electrons. The Kier molecular flexibility index (Phi) is 18.5. The second-order valence-corrected chi connectivity index (χ2v) is 18.3. The molecule has 3 N–H and O–H groups in total. The average molecular weight is 888 g/mol. The van der Waals surface area contributed by atoms with Crippen molar-refractivity contribution in [3.63, 3.8) is 0 Å². The number of para-hydroxylation sites is 3. The number of aliphatic imine (C=N–C) groups is 3. The summed E-state index contributed by atoms with van der Waals surface area (Å²) in [6.45, 7) is 28.6. The third-order valence-corrected chi connectivity index (χ3v) is 11.3. The summed E-state index contributed by atoms with van der Waals surface area (Å²) >= 11 is 0. The summed E-state index contributed by atoms with van der Waals surface area (Å²) in [4.78, 5) is 32.6. The third kappa shape index (κ3) is 13.0. The molecule has 0 spiro atoms. The molecule has 0 radical (unpaired) electrons. The minimum Gasteiger partial charge on any atom is -0.659 e. The Hall–Kier alpha value is -5.05. The van der Waals surface area contributed by atoms with E-state index in [-0.39, 0.29) is 22.5 Å². The summed E-state index contributed by atoms with van der Waals surface area (Å²) in [6, 6.07) is 32.1. The molecule has 9 heteroatoms. The van der Waals surface area contributed by atoms with Gasteiger partial charge in [0.15, 0.2) is 0 Å². The molecule has 0 fully saturated rings. The van der Waals surface area contributed by atoms with Crippen molar-refractivity contribution in [3.8, 4) is 0 Å². The van der Waals surface area contributed by atoms with Gasteiger partial charge in [0.2, 0.25) is 0 Å². The van der Waals surface area contributed by atoms with E-state index in [0.717, 1.165) is 51.2 Å². The Balaban J connectivity index is 0.00000436. The Bertz CT molecular complexity index is 2110. The van der Waals surface area contributed by atoms with Gasteiger partial charge in [0, 0.05) is 38.3 Å². The summed E-state index contributed by atoms with van der Waals surface area (Å²) < 4.78 is 0. The van der Waals surface area contributed by atoms with Crippen LogP contribution >= 0.6 is 0 Å². The first kappa shape index (κ1) is 50.6. The monoisotopic (exact) mass is 887 g/mol. The molecule has 0 unspecified atom stereocenters. The Morgan fingerprint density at radius 3 is 0.810 bits per heavy atom. The van der Waals surface area contributed by atoms with Gasteiger partial charge in [-0.3, -0.25) is 19.9 Å². The molecule has 0 amide bonds. The number of hydrogen-bond donors (Lipinski definition) is 0. The minimum atomic E-state index is 0. The molecule has 3 heterocycles. The molecular formula is C54H69FeN7O. The van der Waals surface area contributed by atoms with E-state index in [1.807, 2.05) is 18.6 Å². The Labute approximate surface area is 388 Å². The number of nitrogens with zero attached hydrogens (tertiary/aromatic N) is 7. The zero-order valence-corrected chi connectivity index (χ0v) is 40.6. The van der Waals surface area contributed by atoms with Crippen molar-refractivity contribution in [2.75, 3.05) is 0 Å². The van der Waals surface area contributed by atoms with Gasteiger partial charge < -0.3 is 20.4 Å². The SMILES string of the molecule is CC(C)c1cccc(C(C)C)c1N=Cc1ccc(CN(Cc2ccc(C=Nc3c(C(C)C)cccc3C(C)C)[n-]2)Cc2ccc(C=Nc3c(C(C)C)cccc3C(C)C)[n-]2)[n-]1.[Fe+2].[OH3+]. The second kappa shape index (κ2) is 23.0. The molecule has 0 aliphatic heterocycles. The van der Waals surface area contributed by atoms with E-state index >= 15 is 0 Å². The molecule has 0 aliphatic carbocycles. The van der Waals surface area contributed by atoms with E-state index in [4.69, 9.17) is 29.9 Å². The number of benzene rings is 3. The van der Waals surface area contributed by atoms with Crippen LogP contribution in [0.4, 0.5) is 17.1 Å². The summed E-state index contributed by atoms with van der Waals surface area (Å²) in [5.74, 6) is 2.24. The smallest absolute Gasteiger partial charge is 0.659 e. The van der Waals surface area contributed by atoms with Gasteiger partial charge >= 0.3 is 17.1 Å². The van der Waals surface area contributed by atoms with Crippen LogP contribution in [-0.4, -0.2) is 23.5 Å². The zero-order chi connectivity index (χ0) is 43.8. The summed E-state index contributed by atoms with van der Waals surface area (Å²) in [6.07, 6.45) is 5.75. The Morgan fingerprint density at radius 1 is 0.381 bits per heavy atom. The molecule has 6 rings (SSSR count). The topological polar surface area (TPSA) is 116 Å². The number of hydrogen-bond acceptors (Lipinski definition) is 4. The fraction of sp³-hybridized carbons (Fsp3) is 0.389. The van der Waals surface area contributed by atoms with Crippen LogP contribution in [0.2, 0.25) is 0 Å². The van der Waals surface area contributed by atoms with Crippen LogP contribution in [0.25, 0.3) is 0 Å². The summed E-state index contributed by atoms with van der Waals surface area (Å²) in [5, 5.41) is 0. The van der Waals surface area contributed by atoms with Crippen LogP contribution in [0.3, 0.4) is 0 Å². The van der Waals surface area contributed by atoms with Gasteiger partial charge in [0.1, 0.15) is 0 Å². The van der Waals surface area contributed by atoms with Gasteiger partial charge in [-0.15, -0.1) is 34.2 Å². The van der Waals surface area contributed by atoms with Crippen LogP contribution in [0.5, 0.6) is 0 Å². The average Bonchev–Trinajstić information content (AvgIpc) is 3.99. The first-order valence-corrected chi connectivity index (χ1v) is 22.3. The predicted octanol–water partition coefficient (Wildman–Crippen LogP) is 12.8. The van der Waals surface area contributed by atoms with Gasteiger partial charge in [-0.2, -0.15) is 0 Å². The van der Waals surface area contributed by atoms with Gasteiger partial charge in [-0.25, -0.2) is 0 Å². The maximum atomic E-state index is 5.05. The van der Waals surface area contributed by atoms with Crippen molar-refractivity contribution in [1.82, 2.24) is 19.9 Å². The quantitative estimate of drug-likeness (QED) is 0.0485. The van der Waals surface area contributed by atoms with Crippen LogP contribution < -0.4 is 15.0 Å². The normalized spacial score (nSPS) is 12.2. The van der Waals surface area contributed by atoms with Gasteiger partial charge in [-0.1, -0.05) is 174 Å². The minimum absolute atomic E-state index is 0. The van der Waals surface area contributed by atoms with Gasteiger partial charge in [0.05, 0.1) is 17.1 Å². The molecule has 0 saturated heterocycles. The predicted molar refractivity (Wildman–Crippen MR) is 263 cm³/mol. The van der Waals surface area contributed by atoms with Crippen molar-refractivity contribution >= 4 is 35.7 Å². The largest absolute Gasteiger partial charge is 2.00 e. The van der Waals surface area contributed by atoms with Crippen LogP contribution in [0, 0.1) is 0 Å². The number of rotatable bonds is 18. The molecule has 63 heavy (non-hydrogen) atoms. The summed E-state index contributed by atoms with van der Waals surface area (Å²) in [5.41, 5.74) is 16.2. The fourth-order valence-electron chi connectivity index (χ4n) is 7.98. The molecule has 6 aromatic rings. The molecule has 0 bridgehead atoms. The first-order chi connectivity index (χ1) is 29.2. The second-order valence-electron chi connectivity index (χ2n) is 18.3. The zero-order valence-electron chi connectivity index (χ0n) is 39.5. The van der Waals surface area contributed by atoms with E-state index in [0.29, 0.717) is 55.1 Å². The van der Waals surface area contributed by atoms with E-state index < -0.39 is 0 Å². The van der Waals surface area contributed by atoms with Crippen molar-refractivity contribution in [3.05, 3.63) is 159 Å². The maximum Gasteiger partial charge on any atom is 2.00 e. The van der Waals surface area contributed by atoms with Crippen molar-refractivity contribution in [2.24, 2.45) is 15.0 Å². The third-order valence-electron chi connectivity index (χ3n) is 11.3. The van der Waals surface area contributed by atoms with Crippen molar-refractivity contribution < 1.29 is 22.5 Å². The fourth-order valence-corrected chi connectivity index (χ4v) is 7.98. The molecule has 3 aromatic carbocycles. The Morgan fingerprint density at radius 2 is 0.603 bits per heavy atom. The maximum absolute atomic E-state index is 5.05. The molecule has 3 aromatic heterocycles. The van der Waals surface area contributed by atoms with Crippen molar-refractivity contribution in [1.29, 1.82) is 0 Å². The van der Waals surface area contributed by atoms with Crippen LogP contribution in [0.15, 0.2) is 106 Å². The van der Waals surface area contributed by atoms with E-state index in [1.165, 1.54) is 33.4 Å². The van der Waals surface area contributed by atoms with Crippen LogP contribution in [0.1, 0.15) is 186 Å². The van der Waals surface area contributed by atoms with Gasteiger partial charge in [0.25, 0.3) is 0 Å². The number of aromatic nitrogens is 3. The molecular weight excluding hydrogens is 818 g/mol. The first-order valence-electron chi connectivity index (χ1n) is 22.3. The van der Waals surface area contributed by atoms with E-state index in [2.05, 4.69) is 179 Å². The van der Waals surface area contributed by atoms with Crippen LogP contribution in [-0.2, 0) is 42.2 Å². The van der Waals surface area contributed by atoms with Crippen molar-refractivity contribution in [2.45, 2.75) is 138 Å². The van der Waals surface area contributed by atoms with E-state index in [9.17, 15) is 0 Å². The summed E-state index contributed by atoms with van der Waals surface area (Å²) in [7, 11) is 0. The van der Waals surface area contributed by atoms with E-state index in [1.54, 1.807) is 0 Å². The molecule has 0 atom stereocenters. The molecule has 0 aliphatic rings. The standard InChI is InChI=1S/C54H66N7.Fe.H2O/c1-34(2)46-16-13-17-47(35(3)4)52(46)55-28-40-22-25-43(58-40)31-61(32-44-26-23-41(59-44)29-56-53-48(36(5)6)18-14-19-49(53)37(7)8)33-45-27-24-42(60-45)30-57-54-50(38(9)10)20-15-21-51(54)39(11)12;;/h13-30,34-39H,31-33H2,1-12H3;;1H2/q-3;+2;/p+1. The molecule has 8 nitrogen and oxygen atoms in total.